The maximum Gasteiger partial charge on any atom is 0.330 e. The molecule has 0 amide bonds. The minimum atomic E-state index is -0.384. The lowest BCUT2D eigenvalue weighted by Crippen LogP contribution is -2.38. The number of hydrogen-bond donors (Lipinski definition) is 1. The summed E-state index contributed by atoms with van der Waals surface area (Å²) in [6.07, 6.45) is 2.78. The van der Waals surface area contributed by atoms with E-state index in [1.54, 1.807) is 0 Å². The van der Waals surface area contributed by atoms with Gasteiger partial charge in [0.25, 0.3) is 0 Å². The molecule has 0 aromatic heterocycles. The topological polar surface area (TPSA) is 52.3 Å². The average Bonchev–Trinajstić information content (AvgIpc) is 2.01. The number of carbonyl (C=O) groups is 1. The predicted molar refractivity (Wildman–Crippen MR) is 57.8 cm³/mol. The molecule has 0 saturated carbocycles. The molecule has 0 bridgehead atoms. The van der Waals surface area contributed by atoms with Gasteiger partial charge in [0.05, 0.1) is 6.61 Å². The molecule has 14 heavy (non-hydrogen) atoms. The Morgan fingerprint density at radius 2 is 2.21 bits per heavy atom. The van der Waals surface area contributed by atoms with E-state index < -0.39 is 0 Å². The van der Waals surface area contributed by atoms with Crippen molar-refractivity contribution in [2.24, 2.45) is 11.7 Å². The van der Waals surface area contributed by atoms with Crippen molar-refractivity contribution in [1.82, 2.24) is 0 Å². The molecule has 2 N–H and O–H groups in total. The molecule has 0 aliphatic rings. The summed E-state index contributed by atoms with van der Waals surface area (Å²) in [6, 6.07) is 0. The van der Waals surface area contributed by atoms with Crippen LogP contribution in [0.3, 0.4) is 0 Å². The molecule has 3 heteroatoms. The molecule has 3 nitrogen and oxygen atoms in total. The minimum Gasteiger partial charge on any atom is -0.462 e. The molecule has 1 atom stereocenters. The van der Waals surface area contributed by atoms with Gasteiger partial charge in [0.2, 0.25) is 0 Å². The Hall–Kier alpha value is -0.830. The summed E-state index contributed by atoms with van der Waals surface area (Å²) in [6.45, 7) is 9.92. The molecule has 0 aliphatic carbocycles. The first-order valence-corrected chi connectivity index (χ1v) is 4.95. The van der Waals surface area contributed by atoms with Crippen molar-refractivity contribution in [2.75, 3.05) is 6.61 Å². The second kappa shape index (κ2) is 5.81. The fraction of sp³-hybridized carbons (Fsp3) is 0.727. The molecule has 0 aliphatic heterocycles. The van der Waals surface area contributed by atoms with Crippen LogP contribution in [0.2, 0.25) is 0 Å². The van der Waals surface area contributed by atoms with Crippen LogP contribution >= 0.6 is 0 Å². The highest BCUT2D eigenvalue weighted by atomic mass is 16.5. The standard InChI is InChI=1S/C11H21NO2/c1-5-10(13)14-7-6-11(4,12)8-9(2)3/h5,9H,1,6-8,12H2,2-4H3. The van der Waals surface area contributed by atoms with Gasteiger partial charge in [-0.25, -0.2) is 4.79 Å². The number of nitrogens with two attached hydrogens (primary N) is 1. The van der Waals surface area contributed by atoms with E-state index in [2.05, 4.69) is 20.4 Å². The Balaban J connectivity index is 3.75. The zero-order chi connectivity index (χ0) is 11.2. The molecule has 82 valence electrons. The normalized spacial score (nSPS) is 14.9. The number of rotatable bonds is 6. The highest BCUT2D eigenvalue weighted by molar-refractivity contribution is 5.81. The first-order chi connectivity index (χ1) is 6.37. The molecular formula is C11H21NO2. The summed E-state index contributed by atoms with van der Waals surface area (Å²) in [4.78, 5) is 10.7. The van der Waals surface area contributed by atoms with Crippen molar-refractivity contribution in [3.05, 3.63) is 12.7 Å². The zero-order valence-electron chi connectivity index (χ0n) is 9.38. The predicted octanol–water partition coefficient (Wildman–Crippen LogP) is 1.87. The van der Waals surface area contributed by atoms with Gasteiger partial charge in [0.15, 0.2) is 0 Å². The van der Waals surface area contributed by atoms with Crippen molar-refractivity contribution >= 4 is 5.97 Å². The number of esters is 1. The molecule has 0 heterocycles. The minimum absolute atomic E-state index is 0.254. The van der Waals surface area contributed by atoms with Crippen LogP contribution in [0.4, 0.5) is 0 Å². The Kier molecular flexibility index (Phi) is 5.46. The summed E-state index contributed by atoms with van der Waals surface area (Å²) in [5.74, 6) is 0.172. The van der Waals surface area contributed by atoms with Crippen LogP contribution < -0.4 is 5.73 Å². The first kappa shape index (κ1) is 13.2. The fourth-order valence-corrected chi connectivity index (χ4v) is 1.48. The fourth-order valence-electron chi connectivity index (χ4n) is 1.48. The number of carbonyl (C=O) groups excluding carboxylic acids is 1. The molecule has 0 radical (unpaired) electrons. The lowest BCUT2D eigenvalue weighted by Gasteiger charge is -2.26. The van der Waals surface area contributed by atoms with Gasteiger partial charge in [-0.1, -0.05) is 20.4 Å². The molecule has 0 rings (SSSR count). The Morgan fingerprint density at radius 3 is 2.64 bits per heavy atom. The molecule has 0 aromatic carbocycles. The number of hydrogen-bond acceptors (Lipinski definition) is 3. The van der Waals surface area contributed by atoms with Crippen molar-refractivity contribution < 1.29 is 9.53 Å². The smallest absolute Gasteiger partial charge is 0.330 e. The van der Waals surface area contributed by atoms with E-state index in [-0.39, 0.29) is 11.5 Å². The molecule has 0 saturated heterocycles. The third-order valence-corrected chi connectivity index (χ3v) is 1.96. The Morgan fingerprint density at radius 1 is 1.64 bits per heavy atom. The van der Waals surface area contributed by atoms with Gasteiger partial charge in [-0.3, -0.25) is 0 Å². The van der Waals surface area contributed by atoms with Gasteiger partial charge in [0, 0.05) is 11.6 Å². The summed E-state index contributed by atoms with van der Waals surface area (Å²) in [5.41, 5.74) is 5.77. The SMILES string of the molecule is C=CC(=O)OCCC(C)(N)CC(C)C. The van der Waals surface area contributed by atoms with Gasteiger partial charge in [-0.05, 0) is 25.7 Å². The molecule has 0 aromatic rings. The van der Waals surface area contributed by atoms with Gasteiger partial charge in [-0.2, -0.15) is 0 Å². The maximum atomic E-state index is 10.7. The van der Waals surface area contributed by atoms with Crippen molar-refractivity contribution in [1.29, 1.82) is 0 Å². The second-order valence-electron chi connectivity index (χ2n) is 4.37. The molecule has 0 spiro atoms. The van der Waals surface area contributed by atoms with Gasteiger partial charge < -0.3 is 10.5 Å². The van der Waals surface area contributed by atoms with E-state index >= 15 is 0 Å². The van der Waals surface area contributed by atoms with E-state index in [0.29, 0.717) is 18.9 Å². The highest BCUT2D eigenvalue weighted by Gasteiger charge is 2.19. The quantitative estimate of drug-likeness (QED) is 0.525. The van der Waals surface area contributed by atoms with Crippen LogP contribution in [0.1, 0.15) is 33.6 Å². The van der Waals surface area contributed by atoms with Crippen LogP contribution in [0.25, 0.3) is 0 Å². The summed E-state index contributed by atoms with van der Waals surface area (Å²) in [5, 5.41) is 0. The zero-order valence-corrected chi connectivity index (χ0v) is 9.38. The first-order valence-electron chi connectivity index (χ1n) is 4.95. The van der Waals surface area contributed by atoms with Crippen molar-refractivity contribution in [3.63, 3.8) is 0 Å². The van der Waals surface area contributed by atoms with E-state index in [4.69, 9.17) is 10.5 Å². The van der Waals surface area contributed by atoms with E-state index in [9.17, 15) is 4.79 Å². The summed E-state index contributed by atoms with van der Waals surface area (Å²) in [7, 11) is 0. The van der Waals surface area contributed by atoms with E-state index in [0.717, 1.165) is 12.5 Å². The van der Waals surface area contributed by atoms with E-state index in [1.807, 2.05) is 6.92 Å². The van der Waals surface area contributed by atoms with Gasteiger partial charge >= 0.3 is 5.97 Å². The average molecular weight is 199 g/mol. The van der Waals surface area contributed by atoms with Crippen LogP contribution in [0.5, 0.6) is 0 Å². The van der Waals surface area contributed by atoms with Crippen LogP contribution in [0.15, 0.2) is 12.7 Å². The monoisotopic (exact) mass is 199 g/mol. The summed E-state index contributed by atoms with van der Waals surface area (Å²) < 4.78 is 4.87. The molecule has 1 unspecified atom stereocenters. The third kappa shape index (κ3) is 6.66. The van der Waals surface area contributed by atoms with E-state index in [1.165, 1.54) is 0 Å². The third-order valence-electron chi connectivity index (χ3n) is 1.96. The lowest BCUT2D eigenvalue weighted by atomic mass is 9.89. The number of ether oxygens (including phenoxy) is 1. The van der Waals surface area contributed by atoms with Crippen molar-refractivity contribution in [3.8, 4) is 0 Å². The molecular weight excluding hydrogens is 178 g/mol. The van der Waals surface area contributed by atoms with Gasteiger partial charge in [-0.15, -0.1) is 0 Å². The van der Waals surface area contributed by atoms with Crippen LogP contribution in [-0.2, 0) is 9.53 Å². The largest absolute Gasteiger partial charge is 0.462 e. The maximum absolute atomic E-state index is 10.7. The lowest BCUT2D eigenvalue weighted by molar-refractivity contribution is -0.138. The Bertz CT molecular complexity index is 197. The molecule has 0 fully saturated rings. The van der Waals surface area contributed by atoms with Crippen molar-refractivity contribution in [2.45, 2.75) is 39.2 Å². The summed E-state index contributed by atoms with van der Waals surface area (Å²) >= 11 is 0. The van der Waals surface area contributed by atoms with Crippen LogP contribution in [-0.4, -0.2) is 18.1 Å². The van der Waals surface area contributed by atoms with Gasteiger partial charge in [0.1, 0.15) is 0 Å². The highest BCUT2D eigenvalue weighted by Crippen LogP contribution is 2.17. The van der Waals surface area contributed by atoms with Crippen LogP contribution in [0, 0.1) is 5.92 Å². The Labute approximate surface area is 86.3 Å². The second-order valence-corrected chi connectivity index (χ2v) is 4.37.